The summed E-state index contributed by atoms with van der Waals surface area (Å²) in [7, 11) is 0. The highest BCUT2D eigenvalue weighted by Crippen LogP contribution is 2.22. The van der Waals surface area contributed by atoms with Crippen molar-refractivity contribution in [3.05, 3.63) is 70.4 Å². The molecule has 0 bridgehead atoms. The van der Waals surface area contributed by atoms with Gasteiger partial charge in [0.25, 0.3) is 5.91 Å². The Labute approximate surface area is 200 Å². The Morgan fingerprint density at radius 1 is 1.15 bits per heavy atom. The molecule has 0 spiro atoms. The van der Waals surface area contributed by atoms with Crippen LogP contribution >= 0.6 is 11.6 Å². The van der Waals surface area contributed by atoms with Crippen LogP contribution in [0.25, 0.3) is 10.9 Å². The normalized spacial score (nSPS) is 14.4. The van der Waals surface area contributed by atoms with Crippen LogP contribution in [0.15, 0.2) is 48.7 Å². The van der Waals surface area contributed by atoms with E-state index in [2.05, 4.69) is 36.4 Å². The second-order valence-electron chi connectivity index (χ2n) is 9.14. The summed E-state index contributed by atoms with van der Waals surface area (Å²) in [6, 6.07) is 12.8. The molecule has 0 aliphatic carbocycles. The number of aliphatic hydroxyl groups is 2. The first-order valence-electron chi connectivity index (χ1n) is 11.5. The van der Waals surface area contributed by atoms with Crippen LogP contribution in [-0.2, 0) is 6.42 Å². The van der Waals surface area contributed by atoms with Gasteiger partial charge in [-0.3, -0.25) is 4.79 Å². The zero-order valence-corrected chi connectivity index (χ0v) is 20.2. The van der Waals surface area contributed by atoms with Crippen molar-refractivity contribution < 1.29 is 15.0 Å². The van der Waals surface area contributed by atoms with E-state index in [0.717, 1.165) is 34.9 Å². The summed E-state index contributed by atoms with van der Waals surface area (Å²) in [6.45, 7) is 6.56. The van der Waals surface area contributed by atoms with Crippen LogP contribution in [0.5, 0.6) is 0 Å². The second kappa shape index (κ2) is 11.7. The molecule has 0 aliphatic heterocycles. The molecule has 0 saturated carbocycles. The van der Waals surface area contributed by atoms with E-state index in [1.54, 1.807) is 12.1 Å². The molecule has 1 aromatic heterocycles. The summed E-state index contributed by atoms with van der Waals surface area (Å²) in [5.41, 5.74) is 3.39. The highest BCUT2D eigenvalue weighted by molar-refractivity contribution is 6.30. The third-order valence-corrected chi connectivity index (χ3v) is 6.00. The molecule has 0 fully saturated rings. The molecule has 33 heavy (non-hydrogen) atoms. The smallest absolute Gasteiger partial charge is 0.251 e. The van der Waals surface area contributed by atoms with Gasteiger partial charge in [0.05, 0.1) is 18.8 Å². The van der Waals surface area contributed by atoms with Gasteiger partial charge in [-0.15, -0.1) is 0 Å². The van der Waals surface area contributed by atoms with Gasteiger partial charge in [-0.05, 0) is 61.1 Å². The van der Waals surface area contributed by atoms with Crippen LogP contribution in [0.3, 0.4) is 0 Å². The van der Waals surface area contributed by atoms with Crippen molar-refractivity contribution in [1.29, 1.82) is 0 Å². The standard InChI is InChI=1S/C26H34ClN3O3/c1-16(2)9-22(15-31)30-26(33)19-7-8-23-20(13-29-24(23)12-19)10-17(3)28-14-25(32)18-5-4-6-21(27)11-18/h4-8,11-13,16-17,22,25,28-29,31-32H,9-10,14-15H2,1-3H3,(H,30,33)/t17-,22+,25+/m1/s1. The average Bonchev–Trinajstić information content (AvgIpc) is 3.18. The molecular formula is C26H34ClN3O3. The van der Waals surface area contributed by atoms with E-state index in [1.165, 1.54) is 0 Å². The molecule has 3 rings (SSSR count). The maximum Gasteiger partial charge on any atom is 0.251 e. The summed E-state index contributed by atoms with van der Waals surface area (Å²) >= 11 is 6.01. The first-order chi connectivity index (χ1) is 15.8. The average molecular weight is 472 g/mol. The van der Waals surface area contributed by atoms with Gasteiger partial charge < -0.3 is 25.8 Å². The molecule has 6 nitrogen and oxygen atoms in total. The fraction of sp³-hybridized carbons (Fsp3) is 0.423. The van der Waals surface area contributed by atoms with Crippen molar-refractivity contribution in [2.45, 2.75) is 51.8 Å². The molecule has 178 valence electrons. The number of hydrogen-bond acceptors (Lipinski definition) is 4. The van der Waals surface area contributed by atoms with E-state index >= 15 is 0 Å². The maximum absolute atomic E-state index is 12.6. The number of nitrogens with one attached hydrogen (secondary N) is 3. The van der Waals surface area contributed by atoms with Crippen LogP contribution in [0.4, 0.5) is 0 Å². The fourth-order valence-corrected chi connectivity index (χ4v) is 4.26. The van der Waals surface area contributed by atoms with Crippen LogP contribution in [0.1, 0.15) is 54.8 Å². The molecule has 3 atom stereocenters. The highest BCUT2D eigenvalue weighted by atomic mass is 35.5. The molecule has 3 aromatic rings. The van der Waals surface area contributed by atoms with Crippen molar-refractivity contribution >= 4 is 28.4 Å². The zero-order valence-electron chi connectivity index (χ0n) is 19.4. The number of aliphatic hydroxyl groups excluding tert-OH is 2. The van der Waals surface area contributed by atoms with E-state index in [0.29, 0.717) is 23.0 Å². The molecule has 1 heterocycles. The number of fused-ring (bicyclic) bond motifs is 1. The summed E-state index contributed by atoms with van der Waals surface area (Å²) < 4.78 is 0. The maximum atomic E-state index is 12.6. The topological polar surface area (TPSA) is 97.4 Å². The monoisotopic (exact) mass is 471 g/mol. The molecule has 1 amide bonds. The number of carbonyl (C=O) groups excluding carboxylic acids is 1. The van der Waals surface area contributed by atoms with Gasteiger partial charge in [0, 0.05) is 40.3 Å². The Morgan fingerprint density at radius 2 is 1.94 bits per heavy atom. The number of aromatic amines is 1. The lowest BCUT2D eigenvalue weighted by atomic mass is 10.0. The van der Waals surface area contributed by atoms with Crippen molar-refractivity contribution in [3.8, 4) is 0 Å². The van der Waals surface area contributed by atoms with Crippen LogP contribution in [0, 0.1) is 5.92 Å². The molecular weight excluding hydrogens is 438 g/mol. The van der Waals surface area contributed by atoms with E-state index in [4.69, 9.17) is 11.6 Å². The van der Waals surface area contributed by atoms with Gasteiger partial charge in [0.2, 0.25) is 0 Å². The van der Waals surface area contributed by atoms with Gasteiger partial charge in [0.15, 0.2) is 0 Å². The molecule has 0 unspecified atom stereocenters. The Morgan fingerprint density at radius 3 is 2.64 bits per heavy atom. The Bertz CT molecular complexity index is 1070. The van der Waals surface area contributed by atoms with Gasteiger partial charge in [-0.25, -0.2) is 0 Å². The van der Waals surface area contributed by atoms with Crippen molar-refractivity contribution in [1.82, 2.24) is 15.6 Å². The lowest BCUT2D eigenvalue weighted by molar-refractivity contribution is 0.0908. The molecule has 7 heteroatoms. The molecule has 5 N–H and O–H groups in total. The third kappa shape index (κ3) is 7.05. The Hall–Kier alpha value is -2.38. The van der Waals surface area contributed by atoms with Crippen LogP contribution in [-0.4, -0.2) is 46.3 Å². The van der Waals surface area contributed by atoms with Crippen LogP contribution < -0.4 is 10.6 Å². The van der Waals surface area contributed by atoms with Crippen molar-refractivity contribution in [2.75, 3.05) is 13.2 Å². The quantitative estimate of drug-likeness (QED) is 0.289. The predicted octanol–water partition coefficient (Wildman–Crippen LogP) is 4.21. The third-order valence-electron chi connectivity index (χ3n) is 5.76. The van der Waals surface area contributed by atoms with Crippen molar-refractivity contribution in [2.24, 2.45) is 5.92 Å². The summed E-state index contributed by atoms with van der Waals surface area (Å²) in [4.78, 5) is 15.9. The highest BCUT2D eigenvalue weighted by Gasteiger charge is 2.16. The molecule has 0 radical (unpaired) electrons. The largest absolute Gasteiger partial charge is 0.394 e. The summed E-state index contributed by atoms with van der Waals surface area (Å²) in [6.07, 6.45) is 2.84. The first kappa shape index (κ1) is 25.2. The number of halogens is 1. The summed E-state index contributed by atoms with van der Waals surface area (Å²) in [5, 5.41) is 27.9. The zero-order chi connectivity index (χ0) is 24.0. The SMILES string of the molecule is CC(C)C[C@@H](CO)NC(=O)c1ccc2c(C[C@@H](C)NC[C@H](O)c3cccc(Cl)c3)c[nH]c2c1. The first-order valence-corrected chi connectivity index (χ1v) is 11.8. The minimum Gasteiger partial charge on any atom is -0.394 e. The number of carbonyl (C=O) groups is 1. The molecule has 0 saturated heterocycles. The minimum atomic E-state index is -0.631. The Kier molecular flexibility index (Phi) is 8.92. The molecule has 2 aromatic carbocycles. The van der Waals surface area contributed by atoms with Crippen molar-refractivity contribution in [3.63, 3.8) is 0 Å². The Balaban J connectivity index is 1.60. The minimum absolute atomic E-state index is 0.0737. The summed E-state index contributed by atoms with van der Waals surface area (Å²) in [5.74, 6) is 0.205. The lowest BCUT2D eigenvalue weighted by Crippen LogP contribution is -2.38. The number of amides is 1. The second-order valence-corrected chi connectivity index (χ2v) is 9.58. The van der Waals surface area contributed by atoms with Crippen LogP contribution in [0.2, 0.25) is 5.02 Å². The van der Waals surface area contributed by atoms with Gasteiger partial charge in [0.1, 0.15) is 0 Å². The number of H-pyrrole nitrogens is 1. The van der Waals surface area contributed by atoms with Gasteiger partial charge in [-0.1, -0.05) is 43.6 Å². The van der Waals surface area contributed by atoms with E-state index < -0.39 is 6.10 Å². The fourth-order valence-electron chi connectivity index (χ4n) is 4.06. The van der Waals surface area contributed by atoms with Gasteiger partial charge in [-0.2, -0.15) is 0 Å². The predicted molar refractivity (Wildman–Crippen MR) is 134 cm³/mol. The number of aromatic nitrogens is 1. The van der Waals surface area contributed by atoms with E-state index in [1.807, 2.05) is 36.5 Å². The number of benzene rings is 2. The molecule has 0 aliphatic rings. The van der Waals surface area contributed by atoms with Gasteiger partial charge >= 0.3 is 0 Å². The number of hydrogen-bond donors (Lipinski definition) is 5. The van der Waals surface area contributed by atoms with E-state index in [-0.39, 0.29) is 24.6 Å². The lowest BCUT2D eigenvalue weighted by Gasteiger charge is -2.18. The van der Waals surface area contributed by atoms with E-state index in [9.17, 15) is 15.0 Å². The number of rotatable bonds is 11.